The van der Waals surface area contributed by atoms with Crippen LogP contribution in [0.4, 0.5) is 4.39 Å². The molecule has 0 aliphatic carbocycles. The Morgan fingerprint density at radius 2 is 1.88 bits per heavy atom. The molecule has 0 amide bonds. The smallest absolute Gasteiger partial charge is 0.176 e. The largest absolute Gasteiger partial charge is 0.293 e. The first-order valence-corrected chi connectivity index (χ1v) is 7.64. The molecule has 1 saturated heterocycles. The molecule has 3 atom stereocenters. The molecule has 1 aromatic carbocycles. The molecule has 0 saturated carbocycles. The number of Topliss-reactive ketones (excluding diaryl/α,β-unsaturated/α-hetero) is 1. The lowest BCUT2D eigenvalue weighted by Crippen LogP contribution is -2.31. The van der Waals surface area contributed by atoms with Crippen molar-refractivity contribution in [2.24, 2.45) is 0 Å². The Bertz CT molecular complexity index is 404. The number of hydrogen-bond donors (Lipinski definition) is 0. The number of benzene rings is 1. The van der Waals surface area contributed by atoms with Crippen LogP contribution in [0.5, 0.6) is 0 Å². The van der Waals surface area contributed by atoms with Gasteiger partial charge in [-0.15, -0.1) is 11.8 Å². The van der Waals surface area contributed by atoms with Crippen molar-refractivity contribution in [3.05, 3.63) is 35.6 Å². The maximum absolute atomic E-state index is 12.8. The van der Waals surface area contributed by atoms with Gasteiger partial charge in [-0.1, -0.05) is 13.8 Å². The van der Waals surface area contributed by atoms with E-state index >= 15 is 0 Å². The summed E-state index contributed by atoms with van der Waals surface area (Å²) in [6.07, 6.45) is 0. The molecule has 0 N–H and O–H groups in total. The van der Waals surface area contributed by atoms with Crippen molar-refractivity contribution in [2.75, 3.05) is 5.75 Å². The number of carbonyl (C=O) groups excluding carboxylic acids is 1. The molecule has 0 bridgehead atoms. The summed E-state index contributed by atoms with van der Waals surface area (Å²) in [7, 11) is 0. The highest BCUT2D eigenvalue weighted by atomic mass is 32.2. The highest BCUT2D eigenvalue weighted by molar-refractivity contribution is 8.08. The van der Waals surface area contributed by atoms with Crippen LogP contribution in [0.3, 0.4) is 0 Å². The van der Waals surface area contributed by atoms with Crippen LogP contribution in [0.15, 0.2) is 24.3 Å². The molecule has 1 aliphatic rings. The van der Waals surface area contributed by atoms with Crippen LogP contribution in [0.1, 0.15) is 24.2 Å². The summed E-state index contributed by atoms with van der Waals surface area (Å²) in [5.74, 6) is 0.683. The Morgan fingerprint density at radius 1 is 1.24 bits per heavy atom. The Hall–Kier alpha value is -0.480. The fourth-order valence-corrected chi connectivity index (χ4v) is 4.60. The average Bonchev–Trinajstić information content (AvgIpc) is 2.33. The van der Waals surface area contributed by atoms with Crippen molar-refractivity contribution in [1.29, 1.82) is 0 Å². The molecule has 17 heavy (non-hydrogen) atoms. The van der Waals surface area contributed by atoms with Crippen molar-refractivity contribution in [1.82, 2.24) is 0 Å². The lowest BCUT2D eigenvalue weighted by atomic mass is 10.1. The summed E-state index contributed by atoms with van der Waals surface area (Å²) >= 11 is 3.58. The lowest BCUT2D eigenvalue weighted by Gasteiger charge is -2.30. The topological polar surface area (TPSA) is 17.1 Å². The van der Waals surface area contributed by atoms with Gasteiger partial charge >= 0.3 is 0 Å². The number of ketones is 1. The summed E-state index contributed by atoms with van der Waals surface area (Å²) in [6, 6.07) is 5.84. The van der Waals surface area contributed by atoms with Crippen molar-refractivity contribution in [2.45, 2.75) is 29.6 Å². The summed E-state index contributed by atoms with van der Waals surface area (Å²) < 4.78 is 12.8. The molecule has 0 spiro atoms. The number of thioether (sulfide) groups is 2. The van der Waals surface area contributed by atoms with Crippen LogP contribution < -0.4 is 0 Å². The van der Waals surface area contributed by atoms with E-state index in [0.29, 0.717) is 16.1 Å². The van der Waals surface area contributed by atoms with Crippen molar-refractivity contribution >= 4 is 29.3 Å². The second kappa shape index (κ2) is 5.44. The minimum Gasteiger partial charge on any atom is -0.293 e. The van der Waals surface area contributed by atoms with Crippen molar-refractivity contribution < 1.29 is 9.18 Å². The van der Waals surface area contributed by atoms with Crippen LogP contribution in [0.2, 0.25) is 0 Å². The predicted molar refractivity (Wildman–Crippen MR) is 73.5 cm³/mol. The van der Waals surface area contributed by atoms with Gasteiger partial charge in [0.2, 0.25) is 0 Å². The predicted octanol–water partition coefficient (Wildman–Crippen LogP) is 3.63. The average molecular weight is 270 g/mol. The van der Waals surface area contributed by atoms with Gasteiger partial charge in [0.25, 0.3) is 0 Å². The van der Waals surface area contributed by atoms with Crippen LogP contribution >= 0.6 is 23.5 Å². The van der Waals surface area contributed by atoms with Gasteiger partial charge in [0.05, 0.1) is 5.25 Å². The number of rotatable bonds is 2. The molecular weight excluding hydrogens is 255 g/mol. The van der Waals surface area contributed by atoms with E-state index in [1.165, 1.54) is 12.1 Å². The molecule has 4 heteroatoms. The lowest BCUT2D eigenvalue weighted by molar-refractivity contribution is 0.0994. The van der Waals surface area contributed by atoms with Gasteiger partial charge in [0, 0.05) is 21.8 Å². The molecule has 0 aromatic heterocycles. The maximum Gasteiger partial charge on any atom is 0.176 e. The van der Waals surface area contributed by atoms with Gasteiger partial charge < -0.3 is 0 Å². The highest BCUT2D eigenvalue weighted by Crippen LogP contribution is 2.36. The van der Waals surface area contributed by atoms with E-state index in [1.807, 2.05) is 11.8 Å². The van der Waals surface area contributed by atoms with Crippen LogP contribution in [0.25, 0.3) is 0 Å². The van der Waals surface area contributed by atoms with Crippen molar-refractivity contribution in [3.63, 3.8) is 0 Å². The summed E-state index contributed by atoms with van der Waals surface area (Å²) in [5, 5.41) is 1.09. The third-order valence-electron chi connectivity index (χ3n) is 2.97. The minimum atomic E-state index is -0.297. The van der Waals surface area contributed by atoms with E-state index in [0.717, 1.165) is 5.75 Å². The standard InChI is InChI=1S/C13H15FOS2/c1-8-9(2)17-12(7-16-8)13(15)10-3-5-11(14)6-4-10/h3-6,8-9,12H,7H2,1-2H3. The molecule has 3 unspecified atom stereocenters. The second-order valence-electron chi connectivity index (χ2n) is 4.24. The van der Waals surface area contributed by atoms with Crippen LogP contribution in [-0.2, 0) is 0 Å². The zero-order valence-corrected chi connectivity index (χ0v) is 11.5. The first-order valence-electron chi connectivity index (χ1n) is 5.65. The molecule has 1 nitrogen and oxygen atoms in total. The van der Waals surface area contributed by atoms with Crippen LogP contribution in [0, 0.1) is 5.82 Å². The van der Waals surface area contributed by atoms with E-state index in [-0.39, 0.29) is 16.9 Å². The fourth-order valence-electron chi connectivity index (χ4n) is 1.72. The SMILES string of the molecule is CC1SCC(C(=O)c2ccc(F)cc2)SC1C. The first kappa shape index (κ1) is 13.0. The van der Waals surface area contributed by atoms with Gasteiger partial charge in [-0.2, -0.15) is 11.8 Å². The Labute approximate surface area is 110 Å². The zero-order valence-electron chi connectivity index (χ0n) is 9.85. The summed E-state index contributed by atoms with van der Waals surface area (Å²) in [6.45, 7) is 4.35. The number of carbonyl (C=O) groups is 1. The third kappa shape index (κ3) is 3.05. The molecule has 1 aliphatic heterocycles. The molecular formula is C13H15FOS2. The molecule has 92 valence electrons. The van der Waals surface area contributed by atoms with Gasteiger partial charge in [-0.25, -0.2) is 4.39 Å². The fraction of sp³-hybridized carbons (Fsp3) is 0.462. The van der Waals surface area contributed by atoms with Gasteiger partial charge in [0.1, 0.15) is 5.82 Å². The van der Waals surface area contributed by atoms with E-state index in [9.17, 15) is 9.18 Å². The molecule has 2 rings (SSSR count). The van der Waals surface area contributed by atoms with Gasteiger partial charge in [-0.3, -0.25) is 4.79 Å². The number of halogens is 1. The highest BCUT2D eigenvalue weighted by Gasteiger charge is 2.30. The zero-order chi connectivity index (χ0) is 12.4. The van der Waals surface area contributed by atoms with E-state index in [1.54, 1.807) is 23.9 Å². The van der Waals surface area contributed by atoms with Crippen LogP contribution in [-0.4, -0.2) is 27.3 Å². The van der Waals surface area contributed by atoms with Crippen molar-refractivity contribution in [3.8, 4) is 0 Å². The van der Waals surface area contributed by atoms with Gasteiger partial charge in [-0.05, 0) is 24.3 Å². The van der Waals surface area contributed by atoms with E-state index < -0.39 is 0 Å². The van der Waals surface area contributed by atoms with E-state index in [2.05, 4.69) is 13.8 Å². The summed E-state index contributed by atoms with van der Waals surface area (Å²) in [4.78, 5) is 12.2. The molecule has 0 radical (unpaired) electrons. The molecule has 1 heterocycles. The third-order valence-corrected chi connectivity index (χ3v) is 6.36. The normalized spacial score (nSPS) is 29.0. The molecule has 1 fully saturated rings. The Balaban J connectivity index is 2.08. The Morgan fingerprint density at radius 3 is 2.47 bits per heavy atom. The van der Waals surface area contributed by atoms with Gasteiger partial charge in [0.15, 0.2) is 5.78 Å². The second-order valence-corrected chi connectivity index (χ2v) is 7.23. The summed E-state index contributed by atoms with van der Waals surface area (Å²) in [5.41, 5.74) is 0.617. The first-order chi connectivity index (χ1) is 8.08. The van der Waals surface area contributed by atoms with E-state index in [4.69, 9.17) is 0 Å². The monoisotopic (exact) mass is 270 g/mol. The number of hydrogen-bond acceptors (Lipinski definition) is 3. The molecule has 1 aromatic rings. The maximum atomic E-state index is 12.8. The quantitative estimate of drug-likeness (QED) is 0.764. The minimum absolute atomic E-state index is 0.0108. The Kier molecular flexibility index (Phi) is 4.15.